The summed E-state index contributed by atoms with van der Waals surface area (Å²) >= 11 is 0. The molecular formula is C10H14N4O6. The molecule has 0 aliphatic carbocycles. The van der Waals surface area contributed by atoms with Crippen molar-refractivity contribution in [3.63, 3.8) is 0 Å². The molecule has 0 unspecified atom stereocenters. The molecule has 2 aliphatic heterocycles. The van der Waals surface area contributed by atoms with E-state index in [2.05, 4.69) is 15.3 Å². The molecule has 0 aromatic carbocycles. The monoisotopic (exact) mass is 286 g/mol. The highest BCUT2D eigenvalue weighted by Crippen LogP contribution is 2.27. The fraction of sp³-hybridized carbons (Fsp3) is 0.600. The van der Waals surface area contributed by atoms with Crippen molar-refractivity contribution in [3.05, 3.63) is 21.3 Å². The summed E-state index contributed by atoms with van der Waals surface area (Å²) in [5.74, 6) is -0.238. The van der Waals surface area contributed by atoms with Gasteiger partial charge in [0.15, 0.2) is 11.7 Å². The van der Waals surface area contributed by atoms with Gasteiger partial charge in [0.1, 0.15) is 30.3 Å². The molecule has 0 radical (unpaired) electrons. The molecule has 110 valence electrons. The number of rotatable bonds is 2. The van der Waals surface area contributed by atoms with Gasteiger partial charge in [-0.25, -0.2) is 14.4 Å². The predicted octanol–water partition coefficient (Wildman–Crippen LogP) is -4.41. The van der Waals surface area contributed by atoms with Gasteiger partial charge in [-0.3, -0.25) is 4.98 Å². The van der Waals surface area contributed by atoms with Gasteiger partial charge in [0, 0.05) is 0 Å². The third kappa shape index (κ3) is 1.73. The number of hydrogen-bond donors (Lipinski definition) is 6. The van der Waals surface area contributed by atoms with Crippen LogP contribution < -0.4 is 21.8 Å². The van der Waals surface area contributed by atoms with Crippen LogP contribution in [-0.2, 0) is 4.74 Å². The molecule has 1 fully saturated rings. The normalized spacial score (nSPS) is 32.6. The summed E-state index contributed by atoms with van der Waals surface area (Å²) in [6.45, 7) is -0.433. The van der Waals surface area contributed by atoms with Crippen LogP contribution in [0.15, 0.2) is 9.79 Å². The van der Waals surface area contributed by atoms with Crippen LogP contribution in [0.5, 0.6) is 0 Å². The van der Waals surface area contributed by atoms with Crippen LogP contribution in [0.1, 0.15) is 6.23 Å². The Morgan fingerprint density at radius 2 is 2.15 bits per heavy atom. The molecule has 1 aromatic rings. The minimum absolute atomic E-state index is 0.0604. The molecule has 3 rings (SSSR count). The first kappa shape index (κ1) is 13.1. The molecule has 10 nitrogen and oxygen atoms in total. The summed E-state index contributed by atoms with van der Waals surface area (Å²) in [5.41, 5.74) is -0.537. The van der Waals surface area contributed by atoms with E-state index in [1.807, 2.05) is 0 Å². The van der Waals surface area contributed by atoms with Crippen LogP contribution in [0.2, 0.25) is 0 Å². The molecule has 4 atom stereocenters. The molecule has 2 aliphatic rings. The van der Waals surface area contributed by atoms with Crippen LogP contribution in [0.3, 0.4) is 0 Å². The Labute approximate surface area is 111 Å². The van der Waals surface area contributed by atoms with Gasteiger partial charge in [0.2, 0.25) is 5.88 Å². The fourth-order valence-corrected chi connectivity index (χ4v) is 2.37. The van der Waals surface area contributed by atoms with Crippen LogP contribution in [0.25, 0.3) is 5.88 Å². The molecule has 0 saturated carbocycles. The number of aliphatic hydroxyl groups excluding tert-OH is 4. The lowest BCUT2D eigenvalue weighted by Gasteiger charge is -2.15. The second kappa shape index (κ2) is 4.59. The minimum Gasteiger partial charge on any atom is -0.493 e. The number of hydrogen-bond acceptors (Lipinski definition) is 8. The van der Waals surface area contributed by atoms with Crippen LogP contribution in [0, 0.1) is 0 Å². The maximum absolute atomic E-state index is 11.9. The zero-order valence-electron chi connectivity index (χ0n) is 10.2. The van der Waals surface area contributed by atoms with Crippen LogP contribution >= 0.6 is 0 Å². The Kier molecular flexibility index (Phi) is 3.01. The van der Waals surface area contributed by atoms with E-state index in [1.165, 1.54) is 0 Å². The van der Waals surface area contributed by atoms with Crippen molar-refractivity contribution < 1.29 is 25.2 Å². The van der Waals surface area contributed by atoms with Crippen molar-refractivity contribution >= 4 is 5.88 Å². The first-order valence-electron chi connectivity index (χ1n) is 5.99. The molecule has 20 heavy (non-hydrogen) atoms. The van der Waals surface area contributed by atoms with Crippen molar-refractivity contribution in [3.8, 4) is 0 Å². The zero-order chi connectivity index (χ0) is 14.4. The maximum Gasteiger partial charge on any atom is 0.330 e. The Bertz CT molecular complexity index is 694. The average molecular weight is 286 g/mol. The van der Waals surface area contributed by atoms with E-state index in [0.717, 1.165) is 4.57 Å². The Balaban J connectivity index is 2.14. The molecule has 10 heteroatoms. The number of nitrogens with zero attached hydrogens (tertiary/aromatic N) is 2. The first-order chi connectivity index (χ1) is 9.54. The van der Waals surface area contributed by atoms with E-state index in [-0.39, 0.29) is 23.4 Å². The minimum atomic E-state index is -1.39. The van der Waals surface area contributed by atoms with Crippen molar-refractivity contribution in [2.75, 3.05) is 13.3 Å². The third-order valence-electron chi connectivity index (χ3n) is 3.39. The zero-order valence-corrected chi connectivity index (χ0v) is 10.2. The number of aliphatic hydroxyl groups is 4. The Morgan fingerprint density at radius 3 is 2.80 bits per heavy atom. The van der Waals surface area contributed by atoms with E-state index in [4.69, 9.17) is 9.84 Å². The van der Waals surface area contributed by atoms with Gasteiger partial charge in [-0.1, -0.05) is 0 Å². The molecule has 0 amide bonds. The van der Waals surface area contributed by atoms with Gasteiger partial charge in [0.25, 0.3) is 0 Å². The second-order valence-corrected chi connectivity index (χ2v) is 4.57. The summed E-state index contributed by atoms with van der Waals surface area (Å²) in [5, 5.41) is 41.0. The first-order valence-corrected chi connectivity index (χ1v) is 5.99. The van der Waals surface area contributed by atoms with Crippen molar-refractivity contribution in [1.29, 1.82) is 0 Å². The van der Waals surface area contributed by atoms with E-state index in [0.29, 0.717) is 0 Å². The molecule has 6 N–H and O–H groups in total. The van der Waals surface area contributed by atoms with Gasteiger partial charge in [-0.15, -0.1) is 0 Å². The third-order valence-corrected chi connectivity index (χ3v) is 3.39. The lowest BCUT2D eigenvalue weighted by atomic mass is 10.1. The van der Waals surface area contributed by atoms with E-state index >= 15 is 0 Å². The predicted molar refractivity (Wildman–Crippen MR) is 62.9 cm³/mol. The van der Waals surface area contributed by atoms with E-state index in [9.17, 15) is 20.1 Å². The van der Waals surface area contributed by atoms with Gasteiger partial charge in [-0.05, 0) is 0 Å². The van der Waals surface area contributed by atoms with Crippen LogP contribution in [0.4, 0.5) is 0 Å². The highest BCUT2D eigenvalue weighted by molar-refractivity contribution is 5.28. The van der Waals surface area contributed by atoms with Crippen molar-refractivity contribution in [2.24, 2.45) is 4.99 Å². The number of fused-ring (bicyclic) bond motifs is 1. The number of aromatic nitrogens is 2. The maximum atomic E-state index is 11.9. The quantitative estimate of drug-likeness (QED) is 0.321. The number of ether oxygens (including phenoxy) is 1. The van der Waals surface area contributed by atoms with E-state index in [1.54, 1.807) is 0 Å². The highest BCUT2D eigenvalue weighted by atomic mass is 16.6. The smallest absolute Gasteiger partial charge is 0.330 e. The average Bonchev–Trinajstić information content (AvgIpc) is 2.90. The molecule has 1 aromatic heterocycles. The molecule has 0 spiro atoms. The lowest BCUT2D eigenvalue weighted by molar-refractivity contribution is -0.0560. The number of aromatic amines is 1. The topological polar surface area (TPSA) is 152 Å². The van der Waals surface area contributed by atoms with Gasteiger partial charge < -0.3 is 30.5 Å². The molecule has 1 saturated heterocycles. The highest BCUT2D eigenvalue weighted by Gasteiger charge is 2.44. The molecule has 3 heterocycles. The largest absolute Gasteiger partial charge is 0.493 e. The summed E-state index contributed by atoms with van der Waals surface area (Å²) in [6.07, 6.45) is -4.89. The van der Waals surface area contributed by atoms with Crippen molar-refractivity contribution in [1.82, 2.24) is 14.9 Å². The summed E-state index contributed by atoms with van der Waals surface area (Å²) < 4.78 is 6.29. The second-order valence-electron chi connectivity index (χ2n) is 4.57. The number of H-pyrrole nitrogens is 1. The standard InChI is InChI=1S/C10H14N4O6/c15-1-3-5(16)6(17)9(20-3)14-7-4(13-10(14)19)8(18)12-2-11-7/h3,5-6,9,12,15-18H,1-2H2,(H,13,19)/t3-,5-,6-,9-/m1/s1. The van der Waals surface area contributed by atoms with Crippen molar-refractivity contribution in [2.45, 2.75) is 24.5 Å². The van der Waals surface area contributed by atoms with Crippen LogP contribution in [-0.4, -0.2) is 61.6 Å². The number of nitrogens with one attached hydrogen (secondary N) is 2. The Morgan fingerprint density at radius 1 is 1.40 bits per heavy atom. The molecular weight excluding hydrogens is 272 g/mol. The molecule has 0 bridgehead atoms. The summed E-state index contributed by atoms with van der Waals surface area (Å²) in [6, 6.07) is 0. The van der Waals surface area contributed by atoms with Gasteiger partial charge in [0.05, 0.1) is 6.61 Å². The summed E-state index contributed by atoms with van der Waals surface area (Å²) in [4.78, 5) is 18.4. The van der Waals surface area contributed by atoms with Gasteiger partial charge >= 0.3 is 5.69 Å². The Hall–Kier alpha value is -1.88. The lowest BCUT2D eigenvalue weighted by Crippen LogP contribution is -2.44. The van der Waals surface area contributed by atoms with E-state index < -0.39 is 36.8 Å². The SMILES string of the molecule is O=c1[nH]c2c(n1[C@@H]1O[C@H](CO)[C@@H](O)[C@H]1O)=NCNC=2O. The fourth-order valence-electron chi connectivity index (χ4n) is 2.37. The number of imidazole rings is 1. The summed E-state index contributed by atoms with van der Waals surface area (Å²) in [7, 11) is 0. The van der Waals surface area contributed by atoms with Gasteiger partial charge in [-0.2, -0.15) is 0 Å².